The number of aromatic nitrogens is 1. The van der Waals surface area contributed by atoms with E-state index >= 15 is 0 Å². The Kier molecular flexibility index (Phi) is 11.7. The summed E-state index contributed by atoms with van der Waals surface area (Å²) < 4.78 is 6.39. The monoisotopic (exact) mass is 619 g/mol. The smallest absolute Gasteiger partial charge is 0.318 e. The van der Waals surface area contributed by atoms with E-state index in [1.54, 1.807) is 29.3 Å². The van der Waals surface area contributed by atoms with Crippen LogP contribution in [0.15, 0.2) is 36.5 Å². The number of nitrogens with zero attached hydrogens (tertiary/aromatic N) is 4. The zero-order valence-corrected chi connectivity index (χ0v) is 26.3. The van der Waals surface area contributed by atoms with Crippen molar-refractivity contribution >= 4 is 35.1 Å². The first-order valence-corrected chi connectivity index (χ1v) is 15.6. The number of carbonyl (C=O) groups is 2. The summed E-state index contributed by atoms with van der Waals surface area (Å²) in [5.74, 6) is 0.817. The van der Waals surface area contributed by atoms with Gasteiger partial charge in [-0.1, -0.05) is 36.2 Å². The average Bonchev–Trinajstić information content (AvgIpc) is 2.97. The first-order valence-electron chi connectivity index (χ1n) is 14.9. The van der Waals surface area contributed by atoms with Crippen LogP contribution in [-0.4, -0.2) is 102 Å². The molecular formula is C31H43Cl2N5O4. The van der Waals surface area contributed by atoms with E-state index in [9.17, 15) is 14.7 Å². The Morgan fingerprint density at radius 1 is 1.14 bits per heavy atom. The zero-order valence-electron chi connectivity index (χ0n) is 24.8. The Labute approximate surface area is 259 Å². The van der Waals surface area contributed by atoms with Crippen molar-refractivity contribution in [3.8, 4) is 5.75 Å². The Balaban J connectivity index is 1.45. The van der Waals surface area contributed by atoms with Gasteiger partial charge in [0.2, 0.25) is 5.91 Å². The number of urea groups is 1. The number of hydrogen-bond acceptors (Lipinski definition) is 6. The highest BCUT2D eigenvalue weighted by Crippen LogP contribution is 2.34. The van der Waals surface area contributed by atoms with Gasteiger partial charge in [-0.15, -0.1) is 0 Å². The fourth-order valence-corrected chi connectivity index (χ4v) is 6.21. The third-order valence-electron chi connectivity index (χ3n) is 8.03. The number of benzene rings is 1. The van der Waals surface area contributed by atoms with Crippen LogP contribution in [0.25, 0.3) is 0 Å². The molecule has 230 valence electrons. The first-order chi connectivity index (χ1) is 20.1. The maximum absolute atomic E-state index is 13.9. The summed E-state index contributed by atoms with van der Waals surface area (Å²) in [7, 11) is 4.07. The van der Waals surface area contributed by atoms with Gasteiger partial charge in [-0.25, -0.2) is 4.79 Å². The summed E-state index contributed by atoms with van der Waals surface area (Å²) in [4.78, 5) is 37.3. The second kappa shape index (κ2) is 15.2. The van der Waals surface area contributed by atoms with E-state index in [0.717, 1.165) is 49.2 Å². The number of rotatable bonds is 10. The van der Waals surface area contributed by atoms with Gasteiger partial charge in [0, 0.05) is 61.3 Å². The highest BCUT2D eigenvalue weighted by atomic mass is 35.5. The standard InChI is InChI=1S/C31H43Cl2N5O4/c1-4-25(20-36(2)3)42-28-8-5-13-34-29(28)21-11-15-37(16-12-21)30(40)27(17-22-9-10-23(32)18-26(22)33)35-31(41)38-14-6-7-24(39)19-38/h5,8-10,13,18,21,24-25,27,39H,4,6-7,11-12,14-17,19-20H2,1-3H3,(H,35,41)/t24-,25+,27-/m1/s1. The summed E-state index contributed by atoms with van der Waals surface area (Å²) in [6.07, 6.45) is 5.30. The molecule has 0 spiro atoms. The van der Waals surface area contributed by atoms with Gasteiger partial charge in [0.1, 0.15) is 17.9 Å². The number of amides is 3. The molecule has 2 aliphatic rings. The van der Waals surface area contributed by atoms with E-state index < -0.39 is 12.1 Å². The molecule has 0 bridgehead atoms. The first kappa shape index (κ1) is 32.3. The Bertz CT molecular complexity index is 1210. The molecule has 3 atom stereocenters. The summed E-state index contributed by atoms with van der Waals surface area (Å²) >= 11 is 12.6. The van der Waals surface area contributed by atoms with E-state index in [4.69, 9.17) is 32.9 Å². The van der Waals surface area contributed by atoms with Gasteiger partial charge in [0.25, 0.3) is 0 Å². The molecule has 11 heteroatoms. The quantitative estimate of drug-likeness (QED) is 0.404. The third kappa shape index (κ3) is 8.72. The fourth-order valence-electron chi connectivity index (χ4n) is 5.73. The molecule has 0 aliphatic carbocycles. The Morgan fingerprint density at radius 2 is 1.90 bits per heavy atom. The largest absolute Gasteiger partial charge is 0.487 e. The van der Waals surface area contributed by atoms with Crippen LogP contribution < -0.4 is 10.1 Å². The molecule has 1 aromatic carbocycles. The number of piperidine rings is 2. The van der Waals surface area contributed by atoms with Crippen LogP contribution in [0, 0.1) is 0 Å². The highest BCUT2D eigenvalue weighted by Gasteiger charge is 2.33. The molecule has 2 N–H and O–H groups in total. The molecule has 2 fully saturated rings. The van der Waals surface area contributed by atoms with Gasteiger partial charge < -0.3 is 29.9 Å². The lowest BCUT2D eigenvalue weighted by Crippen LogP contribution is -2.56. The maximum atomic E-state index is 13.9. The van der Waals surface area contributed by atoms with Crippen molar-refractivity contribution < 1.29 is 19.4 Å². The highest BCUT2D eigenvalue weighted by molar-refractivity contribution is 6.35. The molecule has 42 heavy (non-hydrogen) atoms. The topological polar surface area (TPSA) is 98.2 Å². The molecular weight excluding hydrogens is 577 g/mol. The number of likely N-dealkylation sites (tertiary alicyclic amines) is 2. The minimum Gasteiger partial charge on any atom is -0.487 e. The lowest BCUT2D eigenvalue weighted by Gasteiger charge is -2.36. The molecule has 2 aromatic rings. The number of halogens is 2. The van der Waals surface area contributed by atoms with Crippen LogP contribution >= 0.6 is 23.2 Å². The van der Waals surface area contributed by atoms with Crippen molar-refractivity contribution in [2.45, 2.75) is 69.6 Å². The lowest BCUT2D eigenvalue weighted by molar-refractivity contribution is -0.134. The molecule has 2 aliphatic heterocycles. The van der Waals surface area contributed by atoms with E-state index in [-0.39, 0.29) is 36.9 Å². The van der Waals surface area contributed by atoms with Gasteiger partial charge in [0.05, 0.1) is 11.8 Å². The number of pyridine rings is 1. The van der Waals surface area contributed by atoms with Crippen LogP contribution in [0.2, 0.25) is 10.0 Å². The van der Waals surface area contributed by atoms with Crippen LogP contribution in [0.3, 0.4) is 0 Å². The van der Waals surface area contributed by atoms with Crippen molar-refractivity contribution in [2.75, 3.05) is 46.8 Å². The predicted octanol–water partition coefficient (Wildman–Crippen LogP) is 4.59. The van der Waals surface area contributed by atoms with Crippen molar-refractivity contribution in [2.24, 2.45) is 0 Å². The molecule has 2 saturated heterocycles. The van der Waals surface area contributed by atoms with E-state index in [1.165, 1.54) is 0 Å². The predicted molar refractivity (Wildman–Crippen MR) is 165 cm³/mol. The van der Waals surface area contributed by atoms with Gasteiger partial charge in [-0.2, -0.15) is 0 Å². The Hall–Kier alpha value is -2.59. The van der Waals surface area contributed by atoms with Crippen LogP contribution in [0.1, 0.15) is 56.2 Å². The molecule has 3 amide bonds. The van der Waals surface area contributed by atoms with Gasteiger partial charge >= 0.3 is 6.03 Å². The molecule has 3 heterocycles. The summed E-state index contributed by atoms with van der Waals surface area (Å²) in [6, 6.07) is 7.88. The summed E-state index contributed by atoms with van der Waals surface area (Å²) in [5, 5.41) is 14.0. The van der Waals surface area contributed by atoms with Crippen LogP contribution in [0.5, 0.6) is 5.75 Å². The number of ether oxygens (including phenoxy) is 1. The number of aliphatic hydroxyl groups is 1. The molecule has 0 unspecified atom stereocenters. The second-order valence-corrected chi connectivity index (χ2v) is 12.4. The molecule has 1 aromatic heterocycles. The molecule has 0 saturated carbocycles. The average molecular weight is 621 g/mol. The number of nitrogens with one attached hydrogen (secondary N) is 1. The number of hydrogen-bond donors (Lipinski definition) is 2. The zero-order chi connectivity index (χ0) is 30.2. The van der Waals surface area contributed by atoms with Crippen LogP contribution in [-0.2, 0) is 11.2 Å². The number of aliphatic hydroxyl groups excluding tert-OH is 1. The number of β-amino-alcohol motifs (C(OH)–C–C–N with tert-alkyl or cyclic N) is 1. The van der Waals surface area contributed by atoms with Gasteiger partial charge in [0.15, 0.2) is 0 Å². The maximum Gasteiger partial charge on any atom is 0.318 e. The fraction of sp³-hybridized carbons (Fsp3) is 0.581. The van der Waals surface area contributed by atoms with Crippen molar-refractivity contribution in [3.63, 3.8) is 0 Å². The lowest BCUT2D eigenvalue weighted by atomic mass is 9.91. The minimum atomic E-state index is -0.808. The normalized spacial score (nSPS) is 19.5. The summed E-state index contributed by atoms with van der Waals surface area (Å²) in [6.45, 7) is 4.81. The Morgan fingerprint density at radius 3 is 2.57 bits per heavy atom. The van der Waals surface area contributed by atoms with Crippen molar-refractivity contribution in [3.05, 3.63) is 57.8 Å². The number of carbonyl (C=O) groups excluding carboxylic acids is 2. The summed E-state index contributed by atoms with van der Waals surface area (Å²) in [5.41, 5.74) is 1.66. The van der Waals surface area contributed by atoms with E-state index in [0.29, 0.717) is 36.1 Å². The van der Waals surface area contributed by atoms with E-state index in [2.05, 4.69) is 17.1 Å². The van der Waals surface area contributed by atoms with Gasteiger partial charge in [-0.05, 0) is 76.0 Å². The minimum absolute atomic E-state index is 0.0645. The van der Waals surface area contributed by atoms with Crippen LogP contribution in [0.4, 0.5) is 4.79 Å². The number of likely N-dealkylation sites (N-methyl/N-ethyl adjacent to an activating group) is 1. The van der Waals surface area contributed by atoms with Crippen molar-refractivity contribution in [1.82, 2.24) is 25.0 Å². The van der Waals surface area contributed by atoms with Gasteiger partial charge in [-0.3, -0.25) is 9.78 Å². The molecule has 0 radical (unpaired) electrons. The van der Waals surface area contributed by atoms with Crippen molar-refractivity contribution in [1.29, 1.82) is 0 Å². The van der Waals surface area contributed by atoms with E-state index in [1.807, 2.05) is 31.1 Å². The SMILES string of the molecule is CC[C@@H](CN(C)C)Oc1cccnc1C1CCN(C(=O)[C@@H](Cc2ccc(Cl)cc2Cl)NC(=O)N2CCC[C@@H](O)C2)CC1. The molecule has 9 nitrogen and oxygen atoms in total. The third-order valence-corrected chi connectivity index (χ3v) is 8.62. The second-order valence-electron chi connectivity index (χ2n) is 11.6. The molecule has 4 rings (SSSR count).